The summed E-state index contributed by atoms with van der Waals surface area (Å²) in [6.45, 7) is 3.53. The lowest BCUT2D eigenvalue weighted by Crippen LogP contribution is -2.00. The summed E-state index contributed by atoms with van der Waals surface area (Å²) in [5, 5.41) is 9.14. The van der Waals surface area contributed by atoms with Gasteiger partial charge in [0.2, 0.25) is 0 Å². The average Bonchev–Trinajstić information content (AvgIpc) is 2.05. The number of aliphatic hydroxyl groups excluding tert-OH is 1. The summed E-state index contributed by atoms with van der Waals surface area (Å²) in [5.41, 5.74) is 0. The molecular formula is C7H9N2O. The zero-order valence-electron chi connectivity index (χ0n) is 5.57. The van der Waals surface area contributed by atoms with E-state index in [4.69, 9.17) is 5.11 Å². The van der Waals surface area contributed by atoms with Crippen molar-refractivity contribution in [3.63, 3.8) is 0 Å². The van der Waals surface area contributed by atoms with Gasteiger partial charge in [0.25, 0.3) is 0 Å². The van der Waals surface area contributed by atoms with E-state index in [1.165, 1.54) is 0 Å². The quantitative estimate of drug-likeness (QED) is 0.653. The summed E-state index contributed by atoms with van der Waals surface area (Å²) in [5.74, 6) is 0.442. The van der Waals surface area contributed by atoms with E-state index in [1.807, 2.05) is 0 Å². The molecule has 0 aliphatic heterocycles. The topological polar surface area (TPSA) is 46.0 Å². The maximum atomic E-state index is 9.14. The van der Waals surface area contributed by atoms with E-state index in [1.54, 1.807) is 18.5 Å². The molecule has 1 unspecified atom stereocenters. The maximum Gasteiger partial charge on any atom is 0.156 e. The van der Waals surface area contributed by atoms with Crippen LogP contribution in [0.15, 0.2) is 18.5 Å². The summed E-state index contributed by atoms with van der Waals surface area (Å²) < 4.78 is 0. The third-order valence-corrected chi connectivity index (χ3v) is 1.16. The number of nitrogens with zero attached hydrogens (tertiary/aromatic N) is 2. The van der Waals surface area contributed by atoms with Crippen LogP contribution < -0.4 is 0 Å². The van der Waals surface area contributed by atoms with Crippen LogP contribution in [0.3, 0.4) is 0 Å². The van der Waals surface area contributed by atoms with E-state index in [9.17, 15) is 0 Å². The highest BCUT2D eigenvalue weighted by molar-refractivity contribution is 4.92. The first-order valence-electron chi connectivity index (χ1n) is 3.09. The summed E-state index contributed by atoms with van der Waals surface area (Å²) in [6, 6.07) is 1.71. The fraction of sp³-hybridized carbons (Fsp3) is 0.286. The van der Waals surface area contributed by atoms with E-state index in [-0.39, 0.29) is 0 Å². The lowest BCUT2D eigenvalue weighted by molar-refractivity contribution is 0.170. The van der Waals surface area contributed by atoms with E-state index in [2.05, 4.69) is 16.9 Å². The minimum absolute atomic E-state index is 0.407. The van der Waals surface area contributed by atoms with Crippen molar-refractivity contribution in [1.29, 1.82) is 0 Å². The van der Waals surface area contributed by atoms with Crippen molar-refractivity contribution in [3.8, 4) is 0 Å². The molecular weight excluding hydrogens is 128 g/mol. The Hall–Kier alpha value is -0.960. The molecule has 1 atom stereocenters. The summed E-state index contributed by atoms with van der Waals surface area (Å²) in [4.78, 5) is 7.70. The van der Waals surface area contributed by atoms with E-state index >= 15 is 0 Å². The monoisotopic (exact) mass is 137 g/mol. The maximum absolute atomic E-state index is 9.14. The Morgan fingerprint density at radius 3 is 2.60 bits per heavy atom. The molecule has 0 aliphatic carbocycles. The van der Waals surface area contributed by atoms with E-state index < -0.39 is 6.10 Å². The molecule has 1 aromatic rings. The molecule has 0 spiro atoms. The van der Waals surface area contributed by atoms with Gasteiger partial charge in [-0.15, -0.1) is 0 Å². The van der Waals surface area contributed by atoms with Crippen LogP contribution >= 0.6 is 0 Å². The lowest BCUT2D eigenvalue weighted by Gasteiger charge is -2.02. The van der Waals surface area contributed by atoms with Crippen LogP contribution in [0.2, 0.25) is 0 Å². The van der Waals surface area contributed by atoms with E-state index in [0.717, 1.165) is 0 Å². The minimum Gasteiger partial charge on any atom is -0.385 e. The molecule has 1 rings (SSSR count). The Bertz CT molecular complexity index is 188. The smallest absolute Gasteiger partial charge is 0.156 e. The molecule has 0 bridgehead atoms. The number of rotatable bonds is 2. The molecule has 0 fully saturated rings. The van der Waals surface area contributed by atoms with Crippen LogP contribution in [0, 0.1) is 6.92 Å². The highest BCUT2D eigenvalue weighted by atomic mass is 16.3. The SMILES string of the molecule is [CH2]CC(O)c1ncccn1. The Labute approximate surface area is 59.8 Å². The molecule has 0 saturated heterocycles. The molecule has 1 aromatic heterocycles. The van der Waals surface area contributed by atoms with Gasteiger partial charge in [0.1, 0.15) is 6.10 Å². The predicted octanol–water partition coefficient (Wildman–Crippen LogP) is 0.734. The second-order valence-electron chi connectivity index (χ2n) is 1.91. The van der Waals surface area contributed by atoms with Crippen LogP contribution in [0.4, 0.5) is 0 Å². The third kappa shape index (κ3) is 1.51. The van der Waals surface area contributed by atoms with Gasteiger partial charge in [0.05, 0.1) is 0 Å². The van der Waals surface area contributed by atoms with Gasteiger partial charge in [0, 0.05) is 12.4 Å². The van der Waals surface area contributed by atoms with Gasteiger partial charge in [-0.25, -0.2) is 9.97 Å². The van der Waals surface area contributed by atoms with Crippen molar-refractivity contribution >= 4 is 0 Å². The number of hydrogen-bond donors (Lipinski definition) is 1. The van der Waals surface area contributed by atoms with Crippen LogP contribution in [0.5, 0.6) is 0 Å². The molecule has 1 heterocycles. The molecule has 0 aliphatic rings. The summed E-state index contributed by atoms with van der Waals surface area (Å²) in [7, 11) is 0. The average molecular weight is 137 g/mol. The highest BCUT2D eigenvalue weighted by Gasteiger charge is 2.04. The van der Waals surface area contributed by atoms with Crippen molar-refractivity contribution in [1.82, 2.24) is 9.97 Å². The van der Waals surface area contributed by atoms with Crippen LogP contribution in [0.1, 0.15) is 18.3 Å². The molecule has 53 valence electrons. The van der Waals surface area contributed by atoms with Gasteiger partial charge in [-0.05, 0) is 12.5 Å². The lowest BCUT2D eigenvalue weighted by atomic mass is 10.2. The van der Waals surface area contributed by atoms with Gasteiger partial charge in [-0.2, -0.15) is 0 Å². The number of aromatic nitrogens is 2. The zero-order valence-corrected chi connectivity index (χ0v) is 5.57. The highest BCUT2D eigenvalue weighted by Crippen LogP contribution is 2.08. The fourth-order valence-electron chi connectivity index (χ4n) is 0.612. The molecule has 10 heavy (non-hydrogen) atoms. The van der Waals surface area contributed by atoms with Gasteiger partial charge < -0.3 is 5.11 Å². The molecule has 3 nitrogen and oxygen atoms in total. The molecule has 1 radical (unpaired) electrons. The van der Waals surface area contributed by atoms with Crippen molar-refractivity contribution in [3.05, 3.63) is 31.2 Å². The summed E-state index contributed by atoms with van der Waals surface area (Å²) >= 11 is 0. The standard InChI is InChI=1S/C7H9N2O/c1-2-6(10)7-8-4-3-5-9-7/h3-6,10H,1-2H2. The molecule has 3 heteroatoms. The minimum atomic E-state index is -0.624. The van der Waals surface area contributed by atoms with Crippen molar-refractivity contribution in [2.45, 2.75) is 12.5 Å². The Balaban J connectivity index is 2.75. The third-order valence-electron chi connectivity index (χ3n) is 1.16. The first-order chi connectivity index (χ1) is 4.84. The molecule has 0 aromatic carbocycles. The van der Waals surface area contributed by atoms with Gasteiger partial charge in [-0.1, -0.05) is 6.92 Å². The first kappa shape index (κ1) is 7.15. The van der Waals surface area contributed by atoms with Crippen molar-refractivity contribution < 1.29 is 5.11 Å². The normalized spacial score (nSPS) is 13.0. The molecule has 0 saturated carbocycles. The Morgan fingerprint density at radius 1 is 1.50 bits per heavy atom. The molecule has 0 amide bonds. The molecule has 1 N–H and O–H groups in total. The number of hydrogen-bond acceptors (Lipinski definition) is 3. The second kappa shape index (κ2) is 3.27. The second-order valence-corrected chi connectivity index (χ2v) is 1.91. The number of aliphatic hydroxyl groups is 1. The van der Waals surface area contributed by atoms with Crippen LogP contribution in [-0.2, 0) is 0 Å². The summed E-state index contributed by atoms with van der Waals surface area (Å²) in [6.07, 6.45) is 2.98. The van der Waals surface area contributed by atoms with Gasteiger partial charge in [0.15, 0.2) is 5.82 Å². The van der Waals surface area contributed by atoms with Gasteiger partial charge in [-0.3, -0.25) is 0 Å². The van der Waals surface area contributed by atoms with Gasteiger partial charge >= 0.3 is 0 Å². The van der Waals surface area contributed by atoms with E-state index in [0.29, 0.717) is 12.2 Å². The van der Waals surface area contributed by atoms with Crippen LogP contribution in [0.25, 0.3) is 0 Å². The van der Waals surface area contributed by atoms with Crippen molar-refractivity contribution in [2.24, 2.45) is 0 Å². The van der Waals surface area contributed by atoms with Crippen LogP contribution in [-0.4, -0.2) is 15.1 Å². The zero-order chi connectivity index (χ0) is 7.40. The first-order valence-corrected chi connectivity index (χ1v) is 3.09. The van der Waals surface area contributed by atoms with Crippen molar-refractivity contribution in [2.75, 3.05) is 0 Å². The fourth-order valence-corrected chi connectivity index (χ4v) is 0.612. The largest absolute Gasteiger partial charge is 0.385 e. The Kier molecular flexibility index (Phi) is 2.34. The Morgan fingerprint density at radius 2 is 2.10 bits per heavy atom. The predicted molar refractivity (Wildman–Crippen MR) is 37.0 cm³/mol.